The minimum Gasteiger partial charge on any atom is -0.368 e. The fourth-order valence-electron chi connectivity index (χ4n) is 3.87. The Balaban J connectivity index is 1.67. The molecule has 2 aromatic rings. The second kappa shape index (κ2) is 6.45. The number of rotatable bonds is 4. The fraction of sp³-hybridized carbons (Fsp3) is 0.474. The molecule has 4 rings (SSSR count). The molecule has 8 heteroatoms. The summed E-state index contributed by atoms with van der Waals surface area (Å²) in [6.07, 6.45) is 5.02. The molecule has 1 aliphatic carbocycles. The Hall–Kier alpha value is -2.74. The van der Waals surface area contributed by atoms with Gasteiger partial charge < -0.3 is 14.6 Å². The van der Waals surface area contributed by atoms with Crippen LogP contribution in [0.15, 0.2) is 28.8 Å². The highest BCUT2D eigenvalue weighted by Gasteiger charge is 2.44. The first-order valence-electron chi connectivity index (χ1n) is 9.11. The quantitative estimate of drug-likeness (QED) is 0.801. The van der Waals surface area contributed by atoms with Gasteiger partial charge in [-0.25, -0.2) is 4.79 Å². The van der Waals surface area contributed by atoms with Crippen molar-refractivity contribution in [3.8, 4) is 11.4 Å². The van der Waals surface area contributed by atoms with Gasteiger partial charge in [0.15, 0.2) is 0 Å². The summed E-state index contributed by atoms with van der Waals surface area (Å²) in [6, 6.07) is 6.72. The number of nitrogens with one attached hydrogen (secondary N) is 2. The van der Waals surface area contributed by atoms with Crippen molar-refractivity contribution in [2.75, 3.05) is 7.11 Å². The van der Waals surface area contributed by atoms with Crippen LogP contribution in [0.3, 0.4) is 0 Å². The molecule has 0 bridgehead atoms. The van der Waals surface area contributed by atoms with Crippen LogP contribution < -0.4 is 10.6 Å². The first-order chi connectivity index (χ1) is 13.0. The molecule has 142 valence electrons. The molecule has 1 unspecified atom stereocenters. The molecule has 1 aliphatic heterocycles. The zero-order valence-corrected chi connectivity index (χ0v) is 15.4. The molecular weight excluding hydrogens is 348 g/mol. The lowest BCUT2D eigenvalue weighted by molar-refractivity contribution is -0.123. The van der Waals surface area contributed by atoms with Gasteiger partial charge in [-0.2, -0.15) is 4.98 Å². The summed E-state index contributed by atoms with van der Waals surface area (Å²) in [4.78, 5) is 28.3. The fourth-order valence-corrected chi connectivity index (χ4v) is 3.87. The summed E-state index contributed by atoms with van der Waals surface area (Å²) in [5.74, 6) is 0.532. The van der Waals surface area contributed by atoms with Gasteiger partial charge in [-0.05, 0) is 31.4 Å². The Morgan fingerprint density at radius 2 is 1.96 bits per heavy atom. The van der Waals surface area contributed by atoms with E-state index in [0.29, 0.717) is 22.8 Å². The van der Waals surface area contributed by atoms with E-state index in [1.807, 2.05) is 6.07 Å². The SMILES string of the molecule is COC1(c2nc(-c3cccc(C4(C)NC(=O)NC4=O)c3)no2)CCCCC1. The van der Waals surface area contributed by atoms with Gasteiger partial charge in [-0.15, -0.1) is 0 Å². The number of aromatic nitrogens is 2. The van der Waals surface area contributed by atoms with Crippen LogP contribution in [-0.2, 0) is 20.7 Å². The van der Waals surface area contributed by atoms with Crippen LogP contribution in [0.5, 0.6) is 0 Å². The third-order valence-corrected chi connectivity index (χ3v) is 5.61. The van der Waals surface area contributed by atoms with Crippen LogP contribution in [0.2, 0.25) is 0 Å². The molecule has 3 amide bonds. The van der Waals surface area contributed by atoms with Gasteiger partial charge in [0.25, 0.3) is 11.8 Å². The maximum atomic E-state index is 12.2. The average molecular weight is 370 g/mol. The van der Waals surface area contributed by atoms with Crippen molar-refractivity contribution in [1.29, 1.82) is 0 Å². The smallest absolute Gasteiger partial charge is 0.322 e. The largest absolute Gasteiger partial charge is 0.368 e. The monoisotopic (exact) mass is 370 g/mol. The van der Waals surface area contributed by atoms with Gasteiger partial charge >= 0.3 is 6.03 Å². The summed E-state index contributed by atoms with van der Waals surface area (Å²) in [5.41, 5.74) is -0.294. The van der Waals surface area contributed by atoms with Crippen molar-refractivity contribution < 1.29 is 18.8 Å². The van der Waals surface area contributed by atoms with Crippen molar-refractivity contribution in [1.82, 2.24) is 20.8 Å². The van der Waals surface area contributed by atoms with Crippen LogP contribution in [-0.4, -0.2) is 29.2 Å². The molecular formula is C19H22N4O4. The van der Waals surface area contributed by atoms with Gasteiger partial charge in [-0.3, -0.25) is 10.1 Å². The number of methoxy groups -OCH3 is 1. The van der Waals surface area contributed by atoms with E-state index in [-0.39, 0.29) is 5.91 Å². The summed E-state index contributed by atoms with van der Waals surface area (Å²) in [6.45, 7) is 1.66. The highest BCUT2D eigenvalue weighted by atomic mass is 16.5. The van der Waals surface area contributed by atoms with E-state index < -0.39 is 17.2 Å². The maximum absolute atomic E-state index is 12.2. The van der Waals surface area contributed by atoms with E-state index >= 15 is 0 Å². The van der Waals surface area contributed by atoms with E-state index in [4.69, 9.17) is 9.26 Å². The lowest BCUT2D eigenvalue weighted by Gasteiger charge is -2.32. The topological polar surface area (TPSA) is 106 Å². The Morgan fingerprint density at radius 3 is 2.63 bits per heavy atom. The number of carbonyl (C=O) groups excluding carboxylic acids is 2. The van der Waals surface area contributed by atoms with Gasteiger partial charge in [0.2, 0.25) is 5.82 Å². The van der Waals surface area contributed by atoms with Crippen LogP contribution >= 0.6 is 0 Å². The van der Waals surface area contributed by atoms with Crippen molar-refractivity contribution in [3.05, 3.63) is 35.7 Å². The van der Waals surface area contributed by atoms with Crippen molar-refractivity contribution in [2.24, 2.45) is 0 Å². The van der Waals surface area contributed by atoms with E-state index in [2.05, 4.69) is 20.8 Å². The number of amides is 3. The Kier molecular flexibility index (Phi) is 4.22. The van der Waals surface area contributed by atoms with Crippen LogP contribution in [0.4, 0.5) is 4.79 Å². The molecule has 1 aromatic heterocycles. The van der Waals surface area contributed by atoms with E-state index in [1.54, 1.807) is 32.2 Å². The molecule has 1 saturated carbocycles. The Labute approximate surface area is 156 Å². The number of carbonyl (C=O) groups is 2. The highest BCUT2D eigenvalue weighted by Crippen LogP contribution is 2.40. The molecule has 8 nitrogen and oxygen atoms in total. The molecule has 1 saturated heterocycles. The standard InChI is InChI=1S/C19H22N4O4/c1-18(15(24)21-17(25)22-18)13-8-6-7-12(11-13)14-20-16(27-23-14)19(26-2)9-4-3-5-10-19/h6-8,11H,3-5,9-10H2,1-2H3,(H2,21,22,24,25). The zero-order valence-electron chi connectivity index (χ0n) is 15.4. The average Bonchev–Trinajstić information content (AvgIpc) is 3.28. The molecule has 0 spiro atoms. The number of urea groups is 1. The third-order valence-electron chi connectivity index (χ3n) is 5.61. The normalized spacial score (nSPS) is 24.5. The molecule has 0 radical (unpaired) electrons. The first-order valence-corrected chi connectivity index (χ1v) is 9.11. The Morgan fingerprint density at radius 1 is 1.19 bits per heavy atom. The summed E-state index contributed by atoms with van der Waals surface area (Å²) >= 11 is 0. The number of benzene rings is 1. The summed E-state index contributed by atoms with van der Waals surface area (Å²) in [5, 5.41) is 9.06. The van der Waals surface area contributed by atoms with Gasteiger partial charge in [0.1, 0.15) is 11.1 Å². The van der Waals surface area contributed by atoms with Gasteiger partial charge in [0, 0.05) is 12.7 Å². The van der Waals surface area contributed by atoms with Crippen molar-refractivity contribution in [2.45, 2.75) is 50.2 Å². The molecule has 2 N–H and O–H groups in total. The van der Waals surface area contributed by atoms with Gasteiger partial charge in [-0.1, -0.05) is 42.6 Å². The van der Waals surface area contributed by atoms with Crippen molar-refractivity contribution in [3.63, 3.8) is 0 Å². The molecule has 1 atom stereocenters. The van der Waals surface area contributed by atoms with Crippen molar-refractivity contribution >= 4 is 11.9 Å². The molecule has 27 heavy (non-hydrogen) atoms. The van der Waals surface area contributed by atoms with Crippen LogP contribution in [0, 0.1) is 0 Å². The number of nitrogens with zero attached hydrogens (tertiary/aromatic N) is 2. The summed E-state index contributed by atoms with van der Waals surface area (Å²) in [7, 11) is 1.68. The summed E-state index contributed by atoms with van der Waals surface area (Å²) < 4.78 is 11.3. The molecule has 2 heterocycles. The van der Waals surface area contributed by atoms with Crippen LogP contribution in [0.1, 0.15) is 50.5 Å². The molecule has 1 aromatic carbocycles. The second-order valence-corrected chi connectivity index (χ2v) is 7.30. The first kappa shape index (κ1) is 17.7. The van der Waals surface area contributed by atoms with E-state index in [1.165, 1.54) is 6.42 Å². The number of ether oxygens (including phenoxy) is 1. The second-order valence-electron chi connectivity index (χ2n) is 7.30. The minimum atomic E-state index is -1.13. The number of imide groups is 1. The highest BCUT2D eigenvalue weighted by molar-refractivity contribution is 6.07. The molecule has 2 fully saturated rings. The predicted octanol–water partition coefficient (Wildman–Crippen LogP) is 2.60. The Bertz CT molecular complexity index is 887. The van der Waals surface area contributed by atoms with Crippen LogP contribution in [0.25, 0.3) is 11.4 Å². The predicted molar refractivity (Wildman–Crippen MR) is 95.5 cm³/mol. The third kappa shape index (κ3) is 2.90. The lowest BCUT2D eigenvalue weighted by Crippen LogP contribution is -2.40. The maximum Gasteiger partial charge on any atom is 0.322 e. The lowest BCUT2D eigenvalue weighted by atomic mass is 9.84. The number of hydrogen-bond acceptors (Lipinski definition) is 6. The molecule has 2 aliphatic rings. The van der Waals surface area contributed by atoms with E-state index in [0.717, 1.165) is 25.7 Å². The minimum absolute atomic E-state index is 0.390. The number of hydrogen-bond donors (Lipinski definition) is 2. The zero-order chi connectivity index (χ0) is 19.1. The van der Waals surface area contributed by atoms with E-state index in [9.17, 15) is 9.59 Å². The van der Waals surface area contributed by atoms with Gasteiger partial charge in [0.05, 0.1) is 0 Å².